The van der Waals surface area contributed by atoms with Gasteiger partial charge in [0.2, 0.25) is 10.0 Å². The Hall–Kier alpha value is -0.870. The van der Waals surface area contributed by atoms with Gasteiger partial charge in [0.05, 0.1) is 5.75 Å². The van der Waals surface area contributed by atoms with Crippen molar-refractivity contribution in [2.75, 3.05) is 12.3 Å². The van der Waals surface area contributed by atoms with Gasteiger partial charge in [-0.1, -0.05) is 31.2 Å². The van der Waals surface area contributed by atoms with E-state index in [1.807, 2.05) is 25.1 Å². The second-order valence-corrected chi connectivity index (χ2v) is 6.26. The summed E-state index contributed by atoms with van der Waals surface area (Å²) in [6, 6.07) is 8.08. The highest BCUT2D eigenvalue weighted by Crippen LogP contribution is 2.21. The molecule has 88 valence electrons. The Morgan fingerprint density at radius 3 is 2.62 bits per heavy atom. The van der Waals surface area contributed by atoms with E-state index in [0.29, 0.717) is 19.5 Å². The van der Waals surface area contributed by atoms with Gasteiger partial charge in [0.15, 0.2) is 0 Å². The number of hydrogen-bond acceptors (Lipinski definition) is 2. The fourth-order valence-electron chi connectivity index (χ4n) is 2.09. The maximum atomic E-state index is 11.9. The van der Waals surface area contributed by atoms with Gasteiger partial charge >= 0.3 is 0 Å². The second-order valence-electron chi connectivity index (χ2n) is 4.17. The van der Waals surface area contributed by atoms with Crippen molar-refractivity contribution in [2.45, 2.75) is 26.3 Å². The van der Waals surface area contributed by atoms with Gasteiger partial charge in [0.25, 0.3) is 0 Å². The molecule has 2 rings (SSSR count). The molecule has 0 radical (unpaired) electrons. The van der Waals surface area contributed by atoms with E-state index in [1.54, 1.807) is 4.31 Å². The SMILES string of the molecule is CCCS(=O)(=O)N1CCc2ccccc2C1. The highest BCUT2D eigenvalue weighted by molar-refractivity contribution is 7.89. The van der Waals surface area contributed by atoms with Gasteiger partial charge in [0, 0.05) is 13.1 Å². The summed E-state index contributed by atoms with van der Waals surface area (Å²) in [4.78, 5) is 0. The molecule has 0 saturated heterocycles. The van der Waals surface area contributed by atoms with E-state index in [-0.39, 0.29) is 5.75 Å². The van der Waals surface area contributed by atoms with Crippen molar-refractivity contribution < 1.29 is 8.42 Å². The second kappa shape index (κ2) is 4.55. The van der Waals surface area contributed by atoms with Gasteiger partial charge in [-0.2, -0.15) is 4.31 Å². The third kappa shape index (κ3) is 2.28. The summed E-state index contributed by atoms with van der Waals surface area (Å²) in [7, 11) is -3.04. The topological polar surface area (TPSA) is 37.4 Å². The Balaban J connectivity index is 2.20. The number of nitrogens with zero attached hydrogens (tertiary/aromatic N) is 1. The van der Waals surface area contributed by atoms with Gasteiger partial charge in [-0.25, -0.2) is 8.42 Å². The molecule has 1 heterocycles. The molecule has 1 aliphatic rings. The highest BCUT2D eigenvalue weighted by Gasteiger charge is 2.25. The minimum atomic E-state index is -3.04. The summed E-state index contributed by atoms with van der Waals surface area (Å²) in [5.41, 5.74) is 2.43. The van der Waals surface area contributed by atoms with Crippen LogP contribution in [0.3, 0.4) is 0 Å². The van der Waals surface area contributed by atoms with Gasteiger partial charge in [-0.15, -0.1) is 0 Å². The van der Waals surface area contributed by atoms with E-state index < -0.39 is 10.0 Å². The number of sulfonamides is 1. The molecule has 1 aromatic rings. The summed E-state index contributed by atoms with van der Waals surface area (Å²) < 4.78 is 25.5. The van der Waals surface area contributed by atoms with Crippen LogP contribution < -0.4 is 0 Å². The smallest absolute Gasteiger partial charge is 0.212 e. The zero-order valence-corrected chi connectivity index (χ0v) is 10.3. The largest absolute Gasteiger partial charge is 0.214 e. The van der Waals surface area contributed by atoms with Crippen LogP contribution in [0.4, 0.5) is 0 Å². The van der Waals surface area contributed by atoms with Crippen molar-refractivity contribution >= 4 is 10.0 Å². The van der Waals surface area contributed by atoms with E-state index in [2.05, 4.69) is 6.07 Å². The van der Waals surface area contributed by atoms with Gasteiger partial charge < -0.3 is 0 Å². The van der Waals surface area contributed by atoms with Crippen LogP contribution in [0, 0.1) is 0 Å². The van der Waals surface area contributed by atoms with Crippen LogP contribution >= 0.6 is 0 Å². The predicted octanol–water partition coefficient (Wildman–Crippen LogP) is 1.78. The molecule has 0 spiro atoms. The van der Waals surface area contributed by atoms with E-state index in [1.165, 1.54) is 5.56 Å². The van der Waals surface area contributed by atoms with Crippen LogP contribution in [0.1, 0.15) is 24.5 Å². The fourth-order valence-corrected chi connectivity index (χ4v) is 3.57. The first-order valence-corrected chi connectivity index (χ1v) is 7.29. The zero-order valence-electron chi connectivity index (χ0n) is 9.52. The average Bonchev–Trinajstić information content (AvgIpc) is 2.28. The summed E-state index contributed by atoms with van der Waals surface area (Å²) >= 11 is 0. The highest BCUT2D eigenvalue weighted by atomic mass is 32.2. The lowest BCUT2D eigenvalue weighted by Gasteiger charge is -2.27. The van der Waals surface area contributed by atoms with Gasteiger partial charge in [0.1, 0.15) is 0 Å². The number of rotatable bonds is 3. The van der Waals surface area contributed by atoms with E-state index in [4.69, 9.17) is 0 Å². The van der Waals surface area contributed by atoms with E-state index in [9.17, 15) is 8.42 Å². The molecule has 0 aromatic heterocycles. The molecule has 1 aliphatic heterocycles. The molecule has 0 unspecified atom stereocenters. The van der Waals surface area contributed by atoms with Crippen LogP contribution in [0.2, 0.25) is 0 Å². The van der Waals surface area contributed by atoms with Crippen molar-refractivity contribution in [3.63, 3.8) is 0 Å². The van der Waals surface area contributed by atoms with Gasteiger partial charge in [-0.05, 0) is 24.0 Å². The Kier molecular flexibility index (Phi) is 3.30. The lowest BCUT2D eigenvalue weighted by atomic mass is 10.0. The normalized spacial score (nSPS) is 17.1. The van der Waals surface area contributed by atoms with Crippen LogP contribution in [-0.4, -0.2) is 25.0 Å². The van der Waals surface area contributed by atoms with Crippen molar-refractivity contribution in [3.05, 3.63) is 35.4 Å². The minimum Gasteiger partial charge on any atom is -0.212 e. The standard InChI is InChI=1S/C12H17NO2S/c1-2-9-16(14,15)13-8-7-11-5-3-4-6-12(11)10-13/h3-6H,2,7-10H2,1H3. The Bertz CT molecular complexity index is 468. The minimum absolute atomic E-state index is 0.259. The van der Waals surface area contributed by atoms with Crippen molar-refractivity contribution in [2.24, 2.45) is 0 Å². The Morgan fingerprint density at radius 1 is 1.25 bits per heavy atom. The quantitative estimate of drug-likeness (QED) is 0.806. The third-order valence-electron chi connectivity index (χ3n) is 2.95. The van der Waals surface area contributed by atoms with Crippen LogP contribution in [-0.2, 0) is 23.0 Å². The van der Waals surface area contributed by atoms with Gasteiger partial charge in [-0.3, -0.25) is 0 Å². The van der Waals surface area contributed by atoms with E-state index in [0.717, 1.165) is 12.0 Å². The van der Waals surface area contributed by atoms with Crippen molar-refractivity contribution in [3.8, 4) is 0 Å². The Labute approximate surface area is 97.1 Å². The monoisotopic (exact) mass is 239 g/mol. The zero-order chi connectivity index (χ0) is 11.6. The number of benzene rings is 1. The summed E-state index contributed by atoms with van der Waals surface area (Å²) in [6.45, 7) is 3.06. The molecule has 0 atom stereocenters. The summed E-state index contributed by atoms with van der Waals surface area (Å²) in [5.74, 6) is 0.259. The molecule has 1 aromatic carbocycles. The molecule has 3 nitrogen and oxygen atoms in total. The molecular formula is C12H17NO2S. The molecule has 16 heavy (non-hydrogen) atoms. The van der Waals surface area contributed by atoms with Crippen molar-refractivity contribution in [1.82, 2.24) is 4.31 Å². The molecule has 0 fully saturated rings. The first-order valence-electron chi connectivity index (χ1n) is 5.68. The first-order chi connectivity index (χ1) is 7.63. The fraction of sp³-hybridized carbons (Fsp3) is 0.500. The lowest BCUT2D eigenvalue weighted by molar-refractivity contribution is 0.391. The molecule has 0 amide bonds. The van der Waals surface area contributed by atoms with Crippen LogP contribution in [0.5, 0.6) is 0 Å². The lowest BCUT2D eigenvalue weighted by Crippen LogP contribution is -2.37. The summed E-state index contributed by atoms with van der Waals surface area (Å²) in [5, 5.41) is 0. The molecule has 0 bridgehead atoms. The molecule has 0 N–H and O–H groups in total. The van der Waals surface area contributed by atoms with Crippen LogP contribution in [0.25, 0.3) is 0 Å². The van der Waals surface area contributed by atoms with Crippen molar-refractivity contribution in [1.29, 1.82) is 0 Å². The maximum absolute atomic E-state index is 11.9. The molecule has 4 heteroatoms. The summed E-state index contributed by atoms with van der Waals surface area (Å²) in [6.07, 6.45) is 1.51. The average molecular weight is 239 g/mol. The first kappa shape index (κ1) is 11.6. The Morgan fingerprint density at radius 2 is 1.94 bits per heavy atom. The van der Waals surface area contributed by atoms with E-state index >= 15 is 0 Å². The maximum Gasteiger partial charge on any atom is 0.214 e. The molecule has 0 aliphatic carbocycles. The van der Waals surface area contributed by atoms with Crippen LogP contribution in [0.15, 0.2) is 24.3 Å². The predicted molar refractivity (Wildman–Crippen MR) is 64.6 cm³/mol. The third-order valence-corrected chi connectivity index (χ3v) is 4.97. The molecule has 0 saturated carbocycles. The number of fused-ring (bicyclic) bond motifs is 1. The number of hydrogen-bond donors (Lipinski definition) is 0. The molecular weight excluding hydrogens is 222 g/mol.